The smallest absolute Gasteiger partial charge is 0.257 e. The summed E-state index contributed by atoms with van der Waals surface area (Å²) in [5, 5.41) is 14.2. The highest BCUT2D eigenvalue weighted by Gasteiger charge is 2.12. The van der Waals surface area contributed by atoms with Gasteiger partial charge in [0, 0.05) is 0 Å². The van der Waals surface area contributed by atoms with Crippen LogP contribution in [-0.2, 0) is 0 Å². The van der Waals surface area contributed by atoms with E-state index in [9.17, 15) is 4.79 Å². The lowest BCUT2D eigenvalue weighted by Crippen LogP contribution is -2.14. The molecule has 0 aliphatic heterocycles. The van der Waals surface area contributed by atoms with Crippen molar-refractivity contribution in [2.75, 3.05) is 5.32 Å². The summed E-state index contributed by atoms with van der Waals surface area (Å²) < 4.78 is 1.47. The van der Waals surface area contributed by atoms with Crippen molar-refractivity contribution in [1.82, 2.24) is 20.2 Å². The number of halogens is 1. The van der Waals surface area contributed by atoms with E-state index in [4.69, 9.17) is 11.6 Å². The van der Waals surface area contributed by atoms with Crippen LogP contribution in [0.15, 0.2) is 54.9 Å². The van der Waals surface area contributed by atoms with Gasteiger partial charge in [-0.1, -0.05) is 35.9 Å². The lowest BCUT2D eigenvalue weighted by Gasteiger charge is -2.10. The van der Waals surface area contributed by atoms with Gasteiger partial charge in [-0.25, -0.2) is 0 Å². The maximum atomic E-state index is 12.3. The Kier molecular flexibility index (Phi) is 3.61. The molecule has 0 bridgehead atoms. The van der Waals surface area contributed by atoms with Crippen molar-refractivity contribution < 1.29 is 4.79 Å². The topological polar surface area (TPSA) is 72.7 Å². The van der Waals surface area contributed by atoms with Crippen LogP contribution in [0.3, 0.4) is 0 Å². The van der Waals surface area contributed by atoms with E-state index in [2.05, 4.69) is 20.8 Å². The lowest BCUT2D eigenvalue weighted by molar-refractivity contribution is 0.102. The van der Waals surface area contributed by atoms with Crippen molar-refractivity contribution in [1.29, 1.82) is 0 Å². The molecule has 2 aromatic carbocycles. The first kappa shape index (κ1) is 13.3. The fourth-order valence-electron chi connectivity index (χ4n) is 1.89. The molecule has 1 N–H and O–H groups in total. The molecule has 3 rings (SSSR count). The molecule has 0 atom stereocenters. The Bertz CT molecular complexity index is 773. The van der Waals surface area contributed by atoms with Gasteiger partial charge in [0.2, 0.25) is 0 Å². The Morgan fingerprint density at radius 3 is 2.62 bits per heavy atom. The Morgan fingerprint density at radius 1 is 1.10 bits per heavy atom. The number of hydrogen-bond donors (Lipinski definition) is 1. The maximum absolute atomic E-state index is 12.3. The predicted octanol–water partition coefficient (Wildman–Crippen LogP) is 2.57. The first-order valence-corrected chi connectivity index (χ1v) is 6.52. The first-order chi connectivity index (χ1) is 10.3. The van der Waals surface area contributed by atoms with Gasteiger partial charge in [-0.15, -0.1) is 5.10 Å². The molecule has 7 heteroatoms. The number of para-hydroxylation sites is 2. The van der Waals surface area contributed by atoms with E-state index in [0.717, 1.165) is 0 Å². The zero-order valence-corrected chi connectivity index (χ0v) is 11.5. The third-order valence-corrected chi connectivity index (χ3v) is 3.20. The number of nitrogens with one attached hydrogen (secondary N) is 1. The van der Waals surface area contributed by atoms with Crippen LogP contribution in [0, 0.1) is 0 Å². The van der Waals surface area contributed by atoms with Crippen LogP contribution in [0.1, 0.15) is 10.4 Å². The summed E-state index contributed by atoms with van der Waals surface area (Å²) in [6.45, 7) is 0. The van der Waals surface area contributed by atoms with E-state index < -0.39 is 0 Å². The van der Waals surface area contributed by atoms with Gasteiger partial charge in [0.15, 0.2) is 0 Å². The first-order valence-electron chi connectivity index (χ1n) is 6.14. The largest absolute Gasteiger partial charge is 0.320 e. The van der Waals surface area contributed by atoms with Crippen LogP contribution in [0.5, 0.6) is 0 Å². The Morgan fingerprint density at radius 2 is 1.86 bits per heavy atom. The minimum atomic E-state index is -0.291. The summed E-state index contributed by atoms with van der Waals surface area (Å²) in [7, 11) is 0. The minimum absolute atomic E-state index is 0.291. The number of aromatic nitrogens is 4. The normalized spacial score (nSPS) is 10.3. The molecule has 1 amide bonds. The van der Waals surface area contributed by atoms with Crippen LogP contribution in [0.2, 0.25) is 5.02 Å². The minimum Gasteiger partial charge on any atom is -0.320 e. The third kappa shape index (κ3) is 2.75. The molecular weight excluding hydrogens is 290 g/mol. The molecule has 1 aromatic heterocycles. The second-order valence-electron chi connectivity index (χ2n) is 4.21. The number of carbonyl (C=O) groups excluding carboxylic acids is 1. The molecule has 3 aromatic rings. The summed E-state index contributed by atoms with van der Waals surface area (Å²) in [6, 6.07) is 14.1. The van der Waals surface area contributed by atoms with Gasteiger partial charge in [0.1, 0.15) is 6.33 Å². The van der Waals surface area contributed by atoms with Crippen LogP contribution < -0.4 is 5.32 Å². The number of anilines is 1. The van der Waals surface area contributed by atoms with Crippen LogP contribution in [0.25, 0.3) is 5.69 Å². The highest BCUT2D eigenvalue weighted by Crippen LogP contribution is 2.21. The van der Waals surface area contributed by atoms with Gasteiger partial charge in [-0.2, -0.15) is 4.68 Å². The molecule has 1 heterocycles. The molecule has 0 saturated carbocycles. The highest BCUT2D eigenvalue weighted by molar-refractivity contribution is 6.34. The number of tetrazole rings is 1. The fraction of sp³-hybridized carbons (Fsp3) is 0. The molecule has 0 radical (unpaired) electrons. The van der Waals surface area contributed by atoms with Crippen molar-refractivity contribution in [3.8, 4) is 5.69 Å². The van der Waals surface area contributed by atoms with Gasteiger partial charge in [0.25, 0.3) is 5.91 Å². The van der Waals surface area contributed by atoms with Crippen molar-refractivity contribution in [2.24, 2.45) is 0 Å². The van der Waals surface area contributed by atoms with E-state index in [1.165, 1.54) is 11.0 Å². The van der Waals surface area contributed by atoms with E-state index in [1.807, 2.05) is 12.1 Å². The molecule has 0 unspecified atom stereocenters. The second kappa shape index (κ2) is 5.72. The zero-order chi connectivity index (χ0) is 14.7. The molecular formula is C14H10ClN5O. The molecule has 104 valence electrons. The van der Waals surface area contributed by atoms with E-state index >= 15 is 0 Å². The summed E-state index contributed by atoms with van der Waals surface area (Å²) in [6.07, 6.45) is 1.46. The van der Waals surface area contributed by atoms with Gasteiger partial charge in [-0.3, -0.25) is 4.79 Å². The van der Waals surface area contributed by atoms with Crippen LogP contribution >= 0.6 is 11.6 Å². The zero-order valence-electron chi connectivity index (χ0n) is 10.8. The van der Waals surface area contributed by atoms with E-state index in [-0.39, 0.29) is 5.91 Å². The molecule has 21 heavy (non-hydrogen) atoms. The molecule has 0 aliphatic rings. The van der Waals surface area contributed by atoms with Crippen LogP contribution in [-0.4, -0.2) is 26.1 Å². The van der Waals surface area contributed by atoms with Crippen molar-refractivity contribution >= 4 is 23.2 Å². The second-order valence-corrected chi connectivity index (χ2v) is 4.61. The number of nitrogens with zero attached hydrogens (tertiary/aromatic N) is 4. The average molecular weight is 300 g/mol. The van der Waals surface area contributed by atoms with Gasteiger partial charge >= 0.3 is 0 Å². The number of hydrogen-bond acceptors (Lipinski definition) is 4. The number of benzene rings is 2. The van der Waals surface area contributed by atoms with E-state index in [0.29, 0.717) is 22.0 Å². The fourth-order valence-corrected chi connectivity index (χ4v) is 2.11. The monoisotopic (exact) mass is 299 g/mol. The SMILES string of the molecule is O=C(Nc1ccccc1-n1cnnn1)c1ccccc1Cl. The molecule has 0 aliphatic carbocycles. The third-order valence-electron chi connectivity index (χ3n) is 2.87. The Hall–Kier alpha value is -2.73. The quantitative estimate of drug-likeness (QED) is 0.806. The molecule has 6 nitrogen and oxygen atoms in total. The van der Waals surface area contributed by atoms with Gasteiger partial charge in [0.05, 0.1) is 22.0 Å². The van der Waals surface area contributed by atoms with E-state index in [1.54, 1.807) is 36.4 Å². The molecule has 0 saturated heterocycles. The lowest BCUT2D eigenvalue weighted by atomic mass is 10.2. The molecule has 0 spiro atoms. The van der Waals surface area contributed by atoms with Crippen molar-refractivity contribution in [2.45, 2.75) is 0 Å². The van der Waals surface area contributed by atoms with Crippen LogP contribution in [0.4, 0.5) is 5.69 Å². The average Bonchev–Trinajstić information content (AvgIpc) is 3.02. The predicted molar refractivity (Wildman–Crippen MR) is 78.6 cm³/mol. The maximum Gasteiger partial charge on any atom is 0.257 e. The standard InChI is InChI=1S/C14H10ClN5O/c15-11-6-2-1-5-10(11)14(21)17-12-7-3-4-8-13(12)20-9-16-18-19-20/h1-9H,(H,17,21). The summed E-state index contributed by atoms with van der Waals surface area (Å²) in [5.41, 5.74) is 1.67. The summed E-state index contributed by atoms with van der Waals surface area (Å²) >= 11 is 6.03. The number of rotatable bonds is 3. The summed E-state index contributed by atoms with van der Waals surface area (Å²) in [5.74, 6) is -0.291. The Labute approximate surface area is 125 Å². The molecule has 0 fully saturated rings. The number of carbonyl (C=O) groups is 1. The van der Waals surface area contributed by atoms with Crippen molar-refractivity contribution in [3.63, 3.8) is 0 Å². The Balaban J connectivity index is 1.93. The summed E-state index contributed by atoms with van der Waals surface area (Å²) in [4.78, 5) is 12.3. The highest BCUT2D eigenvalue weighted by atomic mass is 35.5. The van der Waals surface area contributed by atoms with Gasteiger partial charge < -0.3 is 5.32 Å². The number of amides is 1. The van der Waals surface area contributed by atoms with Crippen molar-refractivity contribution in [3.05, 3.63) is 65.4 Å². The van der Waals surface area contributed by atoms with Gasteiger partial charge in [-0.05, 0) is 34.7 Å².